The number of ether oxygens (including phenoxy) is 1. The molecule has 3 heterocycles. The quantitative estimate of drug-likeness (QED) is 0.428. The van der Waals surface area contributed by atoms with Crippen LogP contribution in [0.15, 0.2) is 34.4 Å². The maximum Gasteiger partial charge on any atom is 0.359 e. The predicted octanol–water partition coefficient (Wildman–Crippen LogP) is 1.85. The summed E-state index contributed by atoms with van der Waals surface area (Å²) in [6, 6.07) is 5.39. The van der Waals surface area contributed by atoms with Crippen LogP contribution in [0.5, 0.6) is 0 Å². The number of thiophene rings is 1. The van der Waals surface area contributed by atoms with Crippen LogP contribution in [-0.2, 0) is 19.1 Å². The van der Waals surface area contributed by atoms with E-state index in [1.807, 2.05) is 0 Å². The Morgan fingerprint density at radius 1 is 1.18 bits per heavy atom. The van der Waals surface area contributed by atoms with Crippen LogP contribution in [0.3, 0.4) is 0 Å². The highest BCUT2D eigenvalue weighted by Crippen LogP contribution is 2.31. The average Bonchev–Trinajstić information content (AvgIpc) is 3.33. The first kappa shape index (κ1) is 22.3. The minimum absolute atomic E-state index is 0.0377. The zero-order chi connectivity index (χ0) is 23.7. The van der Waals surface area contributed by atoms with Crippen LogP contribution in [0.1, 0.15) is 30.3 Å². The zero-order valence-corrected chi connectivity index (χ0v) is 18.1. The summed E-state index contributed by atoms with van der Waals surface area (Å²) in [5.74, 6) is -3.18. The number of hydrogen-bond donors (Lipinski definition) is 1. The Morgan fingerprint density at radius 3 is 2.55 bits per heavy atom. The van der Waals surface area contributed by atoms with Crippen molar-refractivity contribution in [3.05, 3.63) is 51.5 Å². The molecule has 0 bridgehead atoms. The molecule has 3 amide bonds. The van der Waals surface area contributed by atoms with Gasteiger partial charge in [-0.15, -0.1) is 11.3 Å². The van der Waals surface area contributed by atoms with Gasteiger partial charge in [0.1, 0.15) is 23.1 Å². The van der Waals surface area contributed by atoms with E-state index in [0.717, 1.165) is 27.0 Å². The number of imide groups is 1. The minimum atomic E-state index is -0.823. The number of anilines is 1. The number of aromatic nitrogens is 2. The van der Waals surface area contributed by atoms with E-state index in [1.54, 1.807) is 6.92 Å². The SMILES string of the molecule is CCOC(=O)c1nn(-c2ccccc2F)c(=O)c2c(NC(=O)CN3C(=O)CCC3=O)scc12. The van der Waals surface area contributed by atoms with Crippen molar-refractivity contribution in [2.75, 3.05) is 18.5 Å². The Morgan fingerprint density at radius 2 is 1.88 bits per heavy atom. The van der Waals surface area contributed by atoms with Gasteiger partial charge in [0.05, 0.1) is 12.0 Å². The van der Waals surface area contributed by atoms with Gasteiger partial charge < -0.3 is 10.1 Å². The van der Waals surface area contributed by atoms with Gasteiger partial charge in [0.15, 0.2) is 5.69 Å². The molecule has 0 spiro atoms. The van der Waals surface area contributed by atoms with E-state index >= 15 is 0 Å². The molecule has 1 N–H and O–H groups in total. The van der Waals surface area contributed by atoms with E-state index < -0.39 is 41.6 Å². The average molecular weight is 472 g/mol. The van der Waals surface area contributed by atoms with E-state index in [0.29, 0.717) is 0 Å². The summed E-state index contributed by atoms with van der Waals surface area (Å²) in [4.78, 5) is 62.7. The zero-order valence-electron chi connectivity index (χ0n) is 17.3. The molecule has 12 heteroatoms. The Balaban J connectivity index is 1.80. The van der Waals surface area contributed by atoms with E-state index in [1.165, 1.54) is 23.6 Å². The van der Waals surface area contributed by atoms with Crippen molar-refractivity contribution in [1.82, 2.24) is 14.7 Å². The monoisotopic (exact) mass is 472 g/mol. The summed E-state index contributed by atoms with van der Waals surface area (Å²) < 4.78 is 20.2. The van der Waals surface area contributed by atoms with Gasteiger partial charge in [0.2, 0.25) is 17.7 Å². The molecule has 1 aromatic carbocycles. The highest BCUT2D eigenvalue weighted by molar-refractivity contribution is 7.16. The summed E-state index contributed by atoms with van der Waals surface area (Å²) >= 11 is 0.947. The van der Waals surface area contributed by atoms with Crippen LogP contribution in [-0.4, -0.2) is 51.5 Å². The van der Waals surface area contributed by atoms with Gasteiger partial charge in [-0.05, 0) is 19.1 Å². The van der Waals surface area contributed by atoms with Crippen molar-refractivity contribution in [2.24, 2.45) is 0 Å². The Labute approximate surface area is 189 Å². The normalized spacial score (nSPS) is 13.6. The number of nitrogens with one attached hydrogen (secondary N) is 1. The molecule has 1 fully saturated rings. The number of benzene rings is 1. The lowest BCUT2D eigenvalue weighted by Gasteiger charge is -2.13. The number of likely N-dealkylation sites (tertiary alicyclic amines) is 1. The van der Waals surface area contributed by atoms with Crippen molar-refractivity contribution in [3.63, 3.8) is 0 Å². The number of halogens is 1. The third-order valence-electron chi connectivity index (χ3n) is 4.91. The van der Waals surface area contributed by atoms with Gasteiger partial charge in [0, 0.05) is 23.6 Å². The maximum absolute atomic E-state index is 14.4. The van der Waals surface area contributed by atoms with Crippen LogP contribution in [0, 0.1) is 5.82 Å². The second kappa shape index (κ2) is 8.90. The largest absolute Gasteiger partial charge is 0.461 e. The van der Waals surface area contributed by atoms with Crippen molar-refractivity contribution in [2.45, 2.75) is 19.8 Å². The second-order valence-corrected chi connectivity index (χ2v) is 7.89. The van der Waals surface area contributed by atoms with Crippen molar-refractivity contribution < 1.29 is 28.3 Å². The Hall–Kier alpha value is -3.93. The summed E-state index contributed by atoms with van der Waals surface area (Å²) in [5, 5.41) is 8.11. The van der Waals surface area contributed by atoms with Crippen molar-refractivity contribution in [1.29, 1.82) is 0 Å². The molecule has 0 radical (unpaired) electrons. The summed E-state index contributed by atoms with van der Waals surface area (Å²) in [6.07, 6.45) is 0.0753. The van der Waals surface area contributed by atoms with Gasteiger partial charge in [-0.1, -0.05) is 12.1 Å². The Bertz CT molecular complexity index is 1350. The predicted molar refractivity (Wildman–Crippen MR) is 116 cm³/mol. The lowest BCUT2D eigenvalue weighted by atomic mass is 10.2. The molecule has 1 aliphatic rings. The molecule has 0 saturated carbocycles. The summed E-state index contributed by atoms with van der Waals surface area (Å²) in [5.41, 5.74) is -1.18. The number of hydrogen-bond acceptors (Lipinski definition) is 8. The van der Waals surface area contributed by atoms with E-state index in [2.05, 4.69) is 10.4 Å². The Kier molecular flexibility index (Phi) is 6.01. The molecule has 10 nitrogen and oxygen atoms in total. The molecule has 33 heavy (non-hydrogen) atoms. The number of carbonyl (C=O) groups excluding carboxylic acids is 4. The van der Waals surface area contributed by atoms with Crippen LogP contribution >= 0.6 is 11.3 Å². The molecule has 2 aromatic heterocycles. The standard InChI is InChI=1S/C21H17FN4O6S/c1-2-32-21(31)18-11-10-33-19(23-14(27)9-25-15(28)7-8-16(25)29)17(11)20(30)26(24-18)13-6-4-3-5-12(13)22/h3-6,10H,2,7-9H2,1H3,(H,23,27). The smallest absolute Gasteiger partial charge is 0.359 e. The fraction of sp³-hybridized carbons (Fsp3) is 0.238. The number of carbonyl (C=O) groups is 4. The van der Waals surface area contributed by atoms with Gasteiger partial charge in [-0.25, -0.2) is 9.18 Å². The molecular weight excluding hydrogens is 455 g/mol. The molecule has 1 saturated heterocycles. The van der Waals surface area contributed by atoms with Gasteiger partial charge >= 0.3 is 5.97 Å². The topological polar surface area (TPSA) is 128 Å². The fourth-order valence-corrected chi connectivity index (χ4v) is 4.34. The van der Waals surface area contributed by atoms with Crippen LogP contribution in [0.4, 0.5) is 9.39 Å². The van der Waals surface area contributed by atoms with Crippen molar-refractivity contribution >= 4 is 50.8 Å². The maximum atomic E-state index is 14.4. The number of rotatable bonds is 6. The first-order chi connectivity index (χ1) is 15.8. The molecule has 3 aromatic rings. The first-order valence-electron chi connectivity index (χ1n) is 9.91. The van der Waals surface area contributed by atoms with Gasteiger partial charge in [-0.3, -0.25) is 24.1 Å². The molecule has 0 atom stereocenters. The number of amides is 3. The van der Waals surface area contributed by atoms with E-state index in [-0.39, 0.29) is 46.6 Å². The highest BCUT2D eigenvalue weighted by atomic mass is 32.1. The van der Waals surface area contributed by atoms with Gasteiger partial charge in [0.25, 0.3) is 5.56 Å². The molecule has 1 aliphatic heterocycles. The van der Waals surface area contributed by atoms with Crippen LogP contribution in [0.2, 0.25) is 0 Å². The molecule has 0 aliphatic carbocycles. The first-order valence-corrected chi connectivity index (χ1v) is 10.8. The number of nitrogens with zero attached hydrogens (tertiary/aromatic N) is 3. The van der Waals surface area contributed by atoms with Crippen LogP contribution < -0.4 is 10.9 Å². The van der Waals surface area contributed by atoms with Gasteiger partial charge in [-0.2, -0.15) is 9.78 Å². The fourth-order valence-electron chi connectivity index (χ4n) is 3.39. The lowest BCUT2D eigenvalue weighted by molar-refractivity contribution is -0.141. The second-order valence-electron chi connectivity index (χ2n) is 7.01. The van der Waals surface area contributed by atoms with Crippen molar-refractivity contribution in [3.8, 4) is 5.69 Å². The summed E-state index contributed by atoms with van der Waals surface area (Å²) in [7, 11) is 0. The third-order valence-corrected chi connectivity index (χ3v) is 5.81. The molecular formula is C21H17FN4O6S. The molecule has 170 valence electrons. The highest BCUT2D eigenvalue weighted by Gasteiger charge is 2.31. The lowest BCUT2D eigenvalue weighted by Crippen LogP contribution is -2.37. The molecule has 0 unspecified atom stereocenters. The van der Waals surface area contributed by atoms with Crippen LogP contribution in [0.25, 0.3) is 16.5 Å². The number of esters is 1. The van der Waals surface area contributed by atoms with E-state index in [9.17, 15) is 28.4 Å². The summed E-state index contributed by atoms with van der Waals surface area (Å²) in [6.45, 7) is 1.14. The van der Waals surface area contributed by atoms with E-state index in [4.69, 9.17) is 4.74 Å². The number of para-hydroxylation sites is 1. The minimum Gasteiger partial charge on any atom is -0.461 e. The third kappa shape index (κ3) is 4.12. The molecule has 4 rings (SSSR count). The number of fused-ring (bicyclic) bond motifs is 1.